The van der Waals surface area contributed by atoms with Gasteiger partial charge in [-0.05, 0) is 24.3 Å². The van der Waals surface area contributed by atoms with Gasteiger partial charge < -0.3 is 19.5 Å². The van der Waals surface area contributed by atoms with Gasteiger partial charge in [-0.15, -0.1) is 21.5 Å². The maximum absolute atomic E-state index is 11.8. The average Bonchev–Trinajstić information content (AvgIpc) is 3.41. The molecule has 0 aromatic carbocycles. The predicted octanol–water partition coefficient (Wildman–Crippen LogP) is 1.93. The monoisotopic (exact) mass is 404 g/mol. The van der Waals surface area contributed by atoms with E-state index in [1.54, 1.807) is 17.7 Å². The zero-order chi connectivity index (χ0) is 19.8. The van der Waals surface area contributed by atoms with Crippen LogP contribution in [0.1, 0.15) is 30.5 Å². The van der Waals surface area contributed by atoms with E-state index in [9.17, 15) is 4.79 Å². The molecule has 0 saturated carbocycles. The molecule has 1 saturated heterocycles. The Balaban J connectivity index is 1.60. The molecule has 0 amide bonds. The van der Waals surface area contributed by atoms with E-state index in [4.69, 9.17) is 9.73 Å². The lowest BCUT2D eigenvalue weighted by Crippen LogP contribution is -2.47. The molecule has 3 heterocycles. The molecule has 2 aromatic heterocycles. The zero-order valence-corrected chi connectivity index (χ0v) is 17.3. The standard InChI is InChI=1S/C19H28N6O2S/c1-3-17-23-22-14-25(17)11-8-20-19(21-13-16-5-4-12-28-16)24-9-6-15(7-10-24)18(26)27-2/h4-5,12,14-15H,3,6-11,13H2,1-2H3,(H,20,21). The molecule has 2 aromatic rings. The number of guanidine groups is 1. The van der Waals surface area contributed by atoms with Gasteiger partial charge in [0.1, 0.15) is 12.2 Å². The quantitative estimate of drug-likeness (QED) is 0.431. The summed E-state index contributed by atoms with van der Waals surface area (Å²) < 4.78 is 6.96. The molecule has 1 aliphatic heterocycles. The van der Waals surface area contributed by atoms with Crippen molar-refractivity contribution in [3.63, 3.8) is 0 Å². The summed E-state index contributed by atoms with van der Waals surface area (Å²) in [7, 11) is 1.46. The van der Waals surface area contributed by atoms with E-state index in [-0.39, 0.29) is 11.9 Å². The van der Waals surface area contributed by atoms with Crippen molar-refractivity contribution in [2.75, 3.05) is 26.7 Å². The number of carbonyl (C=O) groups excluding carboxylic acids is 1. The van der Waals surface area contributed by atoms with E-state index in [1.807, 2.05) is 6.07 Å². The molecule has 1 N–H and O–H groups in total. The van der Waals surface area contributed by atoms with E-state index < -0.39 is 0 Å². The van der Waals surface area contributed by atoms with Crippen LogP contribution in [0.4, 0.5) is 0 Å². The van der Waals surface area contributed by atoms with Gasteiger partial charge in [-0.3, -0.25) is 4.79 Å². The summed E-state index contributed by atoms with van der Waals surface area (Å²) in [6, 6.07) is 4.14. The normalized spacial score (nSPS) is 15.6. The highest BCUT2D eigenvalue weighted by Gasteiger charge is 2.27. The topological polar surface area (TPSA) is 84.6 Å². The summed E-state index contributed by atoms with van der Waals surface area (Å²) in [5.41, 5.74) is 0. The van der Waals surface area contributed by atoms with Gasteiger partial charge in [-0.25, -0.2) is 4.99 Å². The van der Waals surface area contributed by atoms with Gasteiger partial charge >= 0.3 is 5.97 Å². The van der Waals surface area contributed by atoms with Gasteiger partial charge in [0.15, 0.2) is 5.96 Å². The highest BCUT2D eigenvalue weighted by molar-refractivity contribution is 7.09. The number of hydrogen-bond acceptors (Lipinski definition) is 6. The molecule has 0 radical (unpaired) electrons. The second-order valence-electron chi connectivity index (χ2n) is 6.72. The molecule has 3 rings (SSSR count). The second-order valence-corrected chi connectivity index (χ2v) is 7.76. The first-order valence-electron chi connectivity index (χ1n) is 9.71. The number of ether oxygens (including phenoxy) is 1. The Morgan fingerprint density at radius 2 is 2.25 bits per heavy atom. The van der Waals surface area contributed by atoms with Gasteiger partial charge in [-0.2, -0.15) is 0 Å². The third kappa shape index (κ3) is 5.31. The van der Waals surface area contributed by atoms with Crippen LogP contribution in [-0.2, 0) is 29.0 Å². The molecule has 28 heavy (non-hydrogen) atoms. The fraction of sp³-hybridized carbons (Fsp3) is 0.579. The van der Waals surface area contributed by atoms with Crippen molar-refractivity contribution in [2.24, 2.45) is 10.9 Å². The van der Waals surface area contributed by atoms with E-state index in [0.717, 1.165) is 57.2 Å². The number of piperidine rings is 1. The van der Waals surface area contributed by atoms with Crippen molar-refractivity contribution in [3.8, 4) is 0 Å². The minimum Gasteiger partial charge on any atom is -0.469 e. The summed E-state index contributed by atoms with van der Waals surface area (Å²) in [5, 5.41) is 13.7. The lowest BCUT2D eigenvalue weighted by molar-refractivity contribution is -0.146. The average molecular weight is 405 g/mol. The number of aromatic nitrogens is 3. The molecule has 0 atom stereocenters. The number of esters is 1. The van der Waals surface area contributed by atoms with Crippen LogP contribution in [0, 0.1) is 5.92 Å². The minimum absolute atomic E-state index is 0.0102. The third-order valence-electron chi connectivity index (χ3n) is 4.94. The minimum atomic E-state index is -0.107. The summed E-state index contributed by atoms with van der Waals surface area (Å²) in [6.45, 7) is 5.85. The number of hydrogen-bond donors (Lipinski definition) is 1. The van der Waals surface area contributed by atoms with E-state index in [1.165, 1.54) is 12.0 Å². The number of rotatable bonds is 7. The maximum Gasteiger partial charge on any atom is 0.308 e. The Morgan fingerprint density at radius 1 is 1.43 bits per heavy atom. The Hall–Kier alpha value is -2.42. The number of methoxy groups -OCH3 is 1. The number of likely N-dealkylation sites (tertiary alicyclic amines) is 1. The molecule has 9 heteroatoms. The van der Waals surface area contributed by atoms with Crippen LogP contribution in [0.25, 0.3) is 0 Å². The fourth-order valence-corrected chi connectivity index (χ4v) is 3.97. The first-order valence-corrected chi connectivity index (χ1v) is 10.6. The van der Waals surface area contributed by atoms with Crippen LogP contribution in [0.15, 0.2) is 28.8 Å². The highest BCUT2D eigenvalue weighted by Crippen LogP contribution is 2.19. The van der Waals surface area contributed by atoms with Crippen molar-refractivity contribution < 1.29 is 9.53 Å². The zero-order valence-electron chi connectivity index (χ0n) is 16.5. The van der Waals surface area contributed by atoms with Crippen molar-refractivity contribution in [2.45, 2.75) is 39.3 Å². The summed E-state index contributed by atoms with van der Waals surface area (Å²) >= 11 is 1.71. The van der Waals surface area contributed by atoms with E-state index in [2.05, 4.69) is 43.4 Å². The van der Waals surface area contributed by atoms with Gasteiger partial charge in [-0.1, -0.05) is 13.0 Å². The Labute approximate surface area is 169 Å². The molecule has 152 valence electrons. The first-order chi connectivity index (χ1) is 13.7. The van der Waals surface area contributed by atoms with Crippen LogP contribution in [0.5, 0.6) is 0 Å². The maximum atomic E-state index is 11.8. The summed E-state index contributed by atoms with van der Waals surface area (Å²) in [5.74, 6) is 1.76. The lowest BCUT2D eigenvalue weighted by Gasteiger charge is -2.33. The molecular weight excluding hydrogens is 376 g/mol. The van der Waals surface area contributed by atoms with Crippen LogP contribution in [0.3, 0.4) is 0 Å². The molecule has 0 bridgehead atoms. The lowest BCUT2D eigenvalue weighted by atomic mass is 9.97. The van der Waals surface area contributed by atoms with Crippen molar-refractivity contribution in [1.29, 1.82) is 0 Å². The van der Waals surface area contributed by atoms with E-state index >= 15 is 0 Å². The molecule has 0 unspecified atom stereocenters. The third-order valence-corrected chi connectivity index (χ3v) is 5.80. The molecule has 1 aliphatic rings. The smallest absolute Gasteiger partial charge is 0.308 e. The Kier molecular flexibility index (Phi) is 7.41. The molecular formula is C19H28N6O2S. The van der Waals surface area contributed by atoms with Gasteiger partial charge in [0.05, 0.1) is 19.6 Å². The van der Waals surface area contributed by atoms with Gasteiger partial charge in [0, 0.05) is 37.5 Å². The predicted molar refractivity (Wildman–Crippen MR) is 109 cm³/mol. The number of carbonyl (C=O) groups is 1. The van der Waals surface area contributed by atoms with Crippen LogP contribution < -0.4 is 5.32 Å². The number of aliphatic imine (C=N–C) groups is 1. The Bertz CT molecular complexity index is 765. The summed E-state index contributed by atoms with van der Waals surface area (Å²) in [6.07, 6.45) is 4.21. The van der Waals surface area contributed by atoms with Crippen LogP contribution >= 0.6 is 11.3 Å². The Morgan fingerprint density at radius 3 is 2.93 bits per heavy atom. The second kappa shape index (κ2) is 10.2. The number of nitrogens with one attached hydrogen (secondary N) is 1. The number of aryl methyl sites for hydroxylation is 1. The van der Waals surface area contributed by atoms with Gasteiger partial charge in [0.2, 0.25) is 0 Å². The fourth-order valence-electron chi connectivity index (χ4n) is 3.34. The summed E-state index contributed by atoms with van der Waals surface area (Å²) in [4.78, 5) is 20.1. The molecule has 1 fully saturated rings. The molecule has 0 spiro atoms. The van der Waals surface area contributed by atoms with E-state index in [0.29, 0.717) is 6.54 Å². The number of thiophene rings is 1. The largest absolute Gasteiger partial charge is 0.469 e. The van der Waals surface area contributed by atoms with Crippen LogP contribution in [-0.4, -0.2) is 58.3 Å². The highest BCUT2D eigenvalue weighted by atomic mass is 32.1. The van der Waals surface area contributed by atoms with Crippen molar-refractivity contribution in [3.05, 3.63) is 34.5 Å². The SMILES string of the molecule is CCc1nncn1CCNC(=NCc1cccs1)N1CCC(C(=O)OC)CC1. The van der Waals surface area contributed by atoms with Crippen molar-refractivity contribution in [1.82, 2.24) is 25.0 Å². The first kappa shape index (κ1) is 20.3. The van der Waals surface area contributed by atoms with Gasteiger partial charge in [0.25, 0.3) is 0 Å². The number of nitrogens with zero attached hydrogens (tertiary/aromatic N) is 5. The van der Waals surface area contributed by atoms with Crippen LogP contribution in [0.2, 0.25) is 0 Å². The molecule has 8 nitrogen and oxygen atoms in total. The molecule has 0 aliphatic carbocycles. The van der Waals surface area contributed by atoms with Crippen molar-refractivity contribution >= 4 is 23.3 Å².